The molecule has 0 atom stereocenters. The number of anilines is 1. The number of aryl methyl sites for hydroxylation is 1. The normalized spacial score (nSPS) is 10.6. The van der Waals surface area contributed by atoms with Crippen LogP contribution >= 0.6 is 0 Å². The third-order valence-corrected chi connectivity index (χ3v) is 2.93. The van der Waals surface area contributed by atoms with E-state index in [4.69, 9.17) is 0 Å². The first-order chi connectivity index (χ1) is 9.24. The quantitative estimate of drug-likeness (QED) is 0.761. The number of imidazole rings is 1. The summed E-state index contributed by atoms with van der Waals surface area (Å²) in [7, 11) is 0. The summed E-state index contributed by atoms with van der Waals surface area (Å²) in [5, 5.41) is 2.88. The number of benzene rings is 1. The van der Waals surface area contributed by atoms with Crippen LogP contribution in [0.1, 0.15) is 16.1 Å². The number of aromatic nitrogens is 2. The van der Waals surface area contributed by atoms with Gasteiger partial charge in [-0.15, -0.1) is 0 Å². The fraction of sp³-hybridized carbons (Fsp3) is 0.0667. The molecule has 4 nitrogen and oxygen atoms in total. The SMILES string of the molecule is Cc1cccc(NC(=O)c2cnc3ccccn23)c1. The van der Waals surface area contributed by atoms with Gasteiger partial charge >= 0.3 is 0 Å². The largest absolute Gasteiger partial charge is 0.321 e. The van der Waals surface area contributed by atoms with Gasteiger partial charge in [-0.05, 0) is 36.8 Å². The molecular formula is C15H13N3O. The third kappa shape index (κ3) is 2.20. The zero-order chi connectivity index (χ0) is 13.2. The number of nitrogens with zero attached hydrogens (tertiary/aromatic N) is 2. The minimum absolute atomic E-state index is 0.163. The Kier molecular flexibility index (Phi) is 2.76. The molecule has 0 aliphatic rings. The Morgan fingerprint density at radius 1 is 1.21 bits per heavy atom. The summed E-state index contributed by atoms with van der Waals surface area (Å²) in [6.45, 7) is 1.99. The zero-order valence-corrected chi connectivity index (χ0v) is 10.5. The van der Waals surface area contributed by atoms with Crippen molar-refractivity contribution in [3.63, 3.8) is 0 Å². The first-order valence-corrected chi connectivity index (χ1v) is 6.04. The predicted molar refractivity (Wildman–Crippen MR) is 74.3 cm³/mol. The molecule has 0 unspecified atom stereocenters. The molecule has 1 aromatic carbocycles. The summed E-state index contributed by atoms with van der Waals surface area (Å²) in [5.41, 5.74) is 3.18. The highest BCUT2D eigenvalue weighted by Crippen LogP contribution is 2.12. The van der Waals surface area contributed by atoms with E-state index in [9.17, 15) is 4.79 Å². The van der Waals surface area contributed by atoms with Gasteiger partial charge in [-0.2, -0.15) is 0 Å². The van der Waals surface area contributed by atoms with Gasteiger partial charge < -0.3 is 5.32 Å². The standard InChI is InChI=1S/C15H13N3O/c1-11-5-4-6-12(9-11)17-15(19)13-10-16-14-7-2-3-8-18(13)14/h2-10H,1H3,(H,17,19). The number of pyridine rings is 1. The second kappa shape index (κ2) is 4.57. The molecule has 0 fully saturated rings. The number of rotatable bonds is 2. The molecule has 0 aliphatic heterocycles. The second-order valence-electron chi connectivity index (χ2n) is 4.40. The summed E-state index contributed by atoms with van der Waals surface area (Å²) in [6, 6.07) is 13.3. The number of carbonyl (C=O) groups excluding carboxylic acids is 1. The van der Waals surface area contributed by atoms with E-state index in [2.05, 4.69) is 10.3 Å². The number of carbonyl (C=O) groups is 1. The molecule has 0 radical (unpaired) electrons. The Morgan fingerprint density at radius 3 is 2.95 bits per heavy atom. The third-order valence-electron chi connectivity index (χ3n) is 2.93. The second-order valence-corrected chi connectivity index (χ2v) is 4.40. The van der Waals surface area contributed by atoms with Crippen molar-refractivity contribution < 1.29 is 4.79 Å². The van der Waals surface area contributed by atoms with Crippen molar-refractivity contribution >= 4 is 17.2 Å². The molecule has 1 amide bonds. The molecule has 1 N–H and O–H groups in total. The summed E-state index contributed by atoms with van der Waals surface area (Å²) < 4.78 is 1.77. The lowest BCUT2D eigenvalue weighted by atomic mass is 10.2. The van der Waals surface area contributed by atoms with Gasteiger partial charge in [0.2, 0.25) is 0 Å². The van der Waals surface area contributed by atoms with Crippen LogP contribution in [0.2, 0.25) is 0 Å². The van der Waals surface area contributed by atoms with Gasteiger partial charge in [-0.3, -0.25) is 9.20 Å². The van der Waals surface area contributed by atoms with E-state index in [0.29, 0.717) is 5.69 Å². The molecule has 0 spiro atoms. The molecule has 2 aromatic heterocycles. The van der Waals surface area contributed by atoms with Crippen LogP contribution in [0.25, 0.3) is 5.65 Å². The van der Waals surface area contributed by atoms with Crippen LogP contribution in [0.5, 0.6) is 0 Å². The highest BCUT2D eigenvalue weighted by atomic mass is 16.1. The van der Waals surface area contributed by atoms with Gasteiger partial charge in [-0.25, -0.2) is 4.98 Å². The molecule has 0 saturated carbocycles. The molecule has 0 aliphatic carbocycles. The van der Waals surface area contributed by atoms with Crippen molar-refractivity contribution in [3.05, 3.63) is 66.1 Å². The van der Waals surface area contributed by atoms with Gasteiger partial charge in [0, 0.05) is 11.9 Å². The lowest BCUT2D eigenvalue weighted by molar-refractivity contribution is 0.102. The zero-order valence-electron chi connectivity index (χ0n) is 10.5. The molecule has 4 heteroatoms. The van der Waals surface area contributed by atoms with Crippen LogP contribution < -0.4 is 5.32 Å². The van der Waals surface area contributed by atoms with Crippen LogP contribution in [0, 0.1) is 6.92 Å². The van der Waals surface area contributed by atoms with Gasteiger partial charge in [0.05, 0.1) is 6.20 Å². The maximum atomic E-state index is 12.2. The number of fused-ring (bicyclic) bond motifs is 1. The maximum absolute atomic E-state index is 12.2. The van der Waals surface area contributed by atoms with Crippen molar-refractivity contribution in [2.45, 2.75) is 6.92 Å². The smallest absolute Gasteiger partial charge is 0.274 e. The van der Waals surface area contributed by atoms with E-state index in [0.717, 1.165) is 16.9 Å². The van der Waals surface area contributed by atoms with E-state index >= 15 is 0 Å². The van der Waals surface area contributed by atoms with E-state index in [-0.39, 0.29) is 5.91 Å². The fourth-order valence-electron chi connectivity index (χ4n) is 2.02. The Bertz CT molecular complexity index is 746. The summed E-state index contributed by atoms with van der Waals surface area (Å²) in [5.74, 6) is -0.163. The van der Waals surface area contributed by atoms with Crippen molar-refractivity contribution in [1.82, 2.24) is 9.38 Å². The summed E-state index contributed by atoms with van der Waals surface area (Å²) in [4.78, 5) is 16.4. The maximum Gasteiger partial charge on any atom is 0.274 e. The number of hydrogen-bond donors (Lipinski definition) is 1. The van der Waals surface area contributed by atoms with E-state index in [1.807, 2.05) is 55.6 Å². The molecule has 3 rings (SSSR count). The molecule has 19 heavy (non-hydrogen) atoms. The number of amides is 1. The van der Waals surface area contributed by atoms with Gasteiger partial charge in [0.15, 0.2) is 0 Å². The van der Waals surface area contributed by atoms with Crippen molar-refractivity contribution in [1.29, 1.82) is 0 Å². The minimum atomic E-state index is -0.163. The van der Waals surface area contributed by atoms with Crippen molar-refractivity contribution in [2.75, 3.05) is 5.32 Å². The van der Waals surface area contributed by atoms with Crippen molar-refractivity contribution in [3.8, 4) is 0 Å². The molecule has 0 saturated heterocycles. The Hall–Kier alpha value is -2.62. The fourth-order valence-corrected chi connectivity index (χ4v) is 2.02. The summed E-state index contributed by atoms with van der Waals surface area (Å²) >= 11 is 0. The number of nitrogens with one attached hydrogen (secondary N) is 1. The van der Waals surface area contributed by atoms with E-state index in [1.54, 1.807) is 10.6 Å². The van der Waals surface area contributed by atoms with Crippen molar-refractivity contribution in [2.24, 2.45) is 0 Å². The molecule has 3 aromatic rings. The average molecular weight is 251 g/mol. The first-order valence-electron chi connectivity index (χ1n) is 6.04. The Labute approximate surface area is 110 Å². The monoisotopic (exact) mass is 251 g/mol. The topological polar surface area (TPSA) is 46.4 Å². The van der Waals surface area contributed by atoms with Crippen LogP contribution in [-0.4, -0.2) is 15.3 Å². The molecule has 0 bridgehead atoms. The highest BCUT2D eigenvalue weighted by Gasteiger charge is 2.11. The lowest BCUT2D eigenvalue weighted by Gasteiger charge is -2.05. The van der Waals surface area contributed by atoms with Gasteiger partial charge in [0.1, 0.15) is 11.3 Å². The van der Waals surface area contributed by atoms with Gasteiger partial charge in [0.25, 0.3) is 5.91 Å². The summed E-state index contributed by atoms with van der Waals surface area (Å²) in [6.07, 6.45) is 3.41. The average Bonchev–Trinajstić information content (AvgIpc) is 2.82. The lowest BCUT2D eigenvalue weighted by Crippen LogP contribution is -2.14. The van der Waals surface area contributed by atoms with E-state index in [1.165, 1.54) is 0 Å². The molecule has 94 valence electrons. The van der Waals surface area contributed by atoms with Gasteiger partial charge in [-0.1, -0.05) is 18.2 Å². The Balaban J connectivity index is 1.92. The molecular weight excluding hydrogens is 238 g/mol. The van der Waals surface area contributed by atoms with Crippen LogP contribution in [-0.2, 0) is 0 Å². The van der Waals surface area contributed by atoms with Crippen LogP contribution in [0.3, 0.4) is 0 Å². The number of hydrogen-bond acceptors (Lipinski definition) is 2. The minimum Gasteiger partial charge on any atom is -0.321 e. The highest BCUT2D eigenvalue weighted by molar-refractivity contribution is 6.03. The van der Waals surface area contributed by atoms with Crippen LogP contribution in [0.4, 0.5) is 5.69 Å². The molecule has 2 heterocycles. The Morgan fingerprint density at radius 2 is 2.11 bits per heavy atom. The first kappa shape index (κ1) is 11.5. The van der Waals surface area contributed by atoms with Crippen LogP contribution in [0.15, 0.2) is 54.9 Å². The predicted octanol–water partition coefficient (Wildman–Crippen LogP) is 2.90. The van der Waals surface area contributed by atoms with E-state index < -0.39 is 0 Å².